The monoisotopic (exact) mass is 904 g/mol. The average Bonchev–Trinajstić information content (AvgIpc) is 2.88. The zero-order valence-electron chi connectivity index (χ0n) is 27.5. The van der Waals surface area contributed by atoms with Gasteiger partial charge in [-0.3, -0.25) is 0 Å². The molecule has 334 valence electrons. The highest BCUT2D eigenvalue weighted by molar-refractivity contribution is 6.89. The van der Waals surface area contributed by atoms with Gasteiger partial charge in [0.2, 0.25) is 0 Å². The largest absolute Gasteiger partial charge is 0.444 e. The third-order valence-corrected chi connectivity index (χ3v) is 20.1. The summed E-state index contributed by atoms with van der Waals surface area (Å²) < 4.78 is 210. The quantitative estimate of drug-likeness (QED) is 0.0698. The molecule has 0 radical (unpaired) electrons. The number of hydrogen-bond acceptors (Lipinski definition) is 7. The molecule has 0 aromatic carbocycles. The Bertz CT molecular complexity index is 1090. The van der Waals surface area contributed by atoms with Gasteiger partial charge in [-0.15, -0.1) is 4.94 Å². The van der Waals surface area contributed by atoms with Gasteiger partial charge in [-0.05, 0) is 81.8 Å². The fourth-order valence-electron chi connectivity index (χ4n) is 3.86. The number of aliphatic hydroxyl groups excluding tert-OH is 1. The Morgan fingerprint density at radius 3 is 1.37 bits per heavy atom. The van der Waals surface area contributed by atoms with Gasteiger partial charge in [-0.1, -0.05) is 37.1 Å². The van der Waals surface area contributed by atoms with Crippen molar-refractivity contribution in [2.75, 3.05) is 19.8 Å². The van der Waals surface area contributed by atoms with E-state index >= 15 is 0 Å². The third kappa shape index (κ3) is 26.0. The first-order valence-electron chi connectivity index (χ1n) is 13.8. The molecule has 1 unspecified atom stereocenters. The van der Waals surface area contributed by atoms with Crippen LogP contribution >= 0.6 is 0 Å². The minimum atomic E-state index is -6.04. The van der Waals surface area contributed by atoms with Crippen LogP contribution in [0.1, 0.15) is 50.0 Å². The fourth-order valence-corrected chi connectivity index (χ4v) is 22.7. The second kappa shape index (κ2) is 26.1. The van der Waals surface area contributed by atoms with Crippen LogP contribution in [-0.2, 0) is 26.8 Å². The molecular weight excluding hydrogens is 846 g/mol. The standard InChI is InChI=1S/C20H39F9O6Si4.C3F6O.5CH4/c1-36(2,3)33-38(6,7)35-39(8,34-37(4,5)13-9-11-30)14-10-12-31-15-18(24,25)20(28,29)32-19(26,27)16(21)17(22)23;4-1(2(5)6)3(7,8)10-9;;;;;/h30H,9-15H2,1-8H3;;5*1H4. The smallest absolute Gasteiger partial charge is 0.437 e. The van der Waals surface area contributed by atoms with Crippen molar-refractivity contribution in [1.29, 1.82) is 0 Å². The van der Waals surface area contributed by atoms with E-state index in [0.29, 0.717) is 12.5 Å². The lowest BCUT2D eigenvalue weighted by molar-refractivity contribution is -0.427. The van der Waals surface area contributed by atoms with E-state index in [-0.39, 0.29) is 56.2 Å². The number of rotatable bonds is 21. The minimum absolute atomic E-state index is 0. The number of aliphatic hydroxyl groups is 1. The number of ether oxygens (including phenoxy) is 2. The van der Waals surface area contributed by atoms with E-state index in [9.17, 15) is 71.1 Å². The highest BCUT2D eigenvalue weighted by Crippen LogP contribution is 2.43. The normalized spacial score (nSPS) is 13.6. The van der Waals surface area contributed by atoms with Crippen molar-refractivity contribution in [1.82, 2.24) is 0 Å². The van der Waals surface area contributed by atoms with Gasteiger partial charge in [-0.2, -0.15) is 61.5 Å². The van der Waals surface area contributed by atoms with Crippen LogP contribution in [0.2, 0.25) is 64.5 Å². The van der Waals surface area contributed by atoms with E-state index in [2.05, 4.69) is 9.47 Å². The van der Waals surface area contributed by atoms with E-state index in [4.69, 9.17) is 12.3 Å². The summed E-state index contributed by atoms with van der Waals surface area (Å²) in [7, 11) is -10.2. The molecule has 7 nitrogen and oxygen atoms in total. The van der Waals surface area contributed by atoms with Gasteiger partial charge in [0.1, 0.15) is 6.61 Å². The number of hydrogen-bond donors (Lipinski definition) is 1. The van der Waals surface area contributed by atoms with Crippen LogP contribution in [0.3, 0.4) is 0 Å². The molecule has 0 fully saturated rings. The Labute approximate surface area is 313 Å². The molecule has 1 atom stereocenters. The maximum Gasteiger partial charge on any atom is 0.444 e. The molecule has 0 saturated carbocycles. The third-order valence-electron chi connectivity index (χ3n) is 5.27. The molecule has 1 N–H and O–H groups in total. The van der Waals surface area contributed by atoms with E-state index in [1.165, 1.54) is 0 Å². The van der Waals surface area contributed by atoms with Crippen LogP contribution in [-0.4, -0.2) is 82.9 Å². The summed E-state index contributed by atoms with van der Waals surface area (Å²) in [4.78, 5) is 1.61. The van der Waals surface area contributed by atoms with Crippen LogP contribution in [0.15, 0.2) is 23.8 Å². The van der Waals surface area contributed by atoms with Gasteiger partial charge in [0.05, 0.1) is 0 Å². The number of halogens is 15. The van der Waals surface area contributed by atoms with Gasteiger partial charge in [0, 0.05) is 13.2 Å². The molecule has 0 heterocycles. The van der Waals surface area contributed by atoms with Crippen LogP contribution in [0, 0.1) is 0 Å². The lowest BCUT2D eigenvalue weighted by Crippen LogP contribution is -2.57. The molecule has 0 amide bonds. The minimum Gasteiger partial charge on any atom is -0.437 e. The molecule has 0 aliphatic heterocycles. The van der Waals surface area contributed by atoms with Gasteiger partial charge in [-0.25, -0.2) is 4.74 Å². The van der Waals surface area contributed by atoms with E-state index in [1.54, 1.807) is 11.5 Å². The first-order valence-corrected chi connectivity index (χ1v) is 25.7. The molecule has 0 aliphatic carbocycles. The lowest BCUT2D eigenvalue weighted by Gasteiger charge is -2.42. The predicted molar refractivity (Wildman–Crippen MR) is 187 cm³/mol. The molecule has 0 spiro atoms. The summed E-state index contributed by atoms with van der Waals surface area (Å²) in [6, 6.07) is 0.785. The molecule has 0 aromatic rings. The zero-order valence-corrected chi connectivity index (χ0v) is 31.5. The summed E-state index contributed by atoms with van der Waals surface area (Å²) >= 11 is 0. The Morgan fingerprint density at radius 2 is 1.02 bits per heavy atom. The first-order chi connectivity index (χ1) is 21.6. The first kappa shape index (κ1) is 67.7. The highest BCUT2D eigenvalue weighted by atomic mass is 28.5. The van der Waals surface area contributed by atoms with Gasteiger partial charge >= 0.3 is 53.5 Å². The molecular formula is C28H59F15O7Si4. The highest BCUT2D eigenvalue weighted by Gasteiger charge is 2.64. The Kier molecular flexibility index (Phi) is 32.7. The van der Waals surface area contributed by atoms with Crippen LogP contribution < -0.4 is 0 Å². The maximum atomic E-state index is 13.9. The molecule has 54 heavy (non-hydrogen) atoms. The Morgan fingerprint density at radius 1 is 0.593 bits per heavy atom. The molecule has 0 aromatic heterocycles. The molecule has 0 saturated heterocycles. The van der Waals surface area contributed by atoms with Gasteiger partial charge in [0.15, 0.2) is 16.6 Å². The molecule has 26 heteroatoms. The second-order valence-corrected chi connectivity index (χ2v) is 28.5. The zero-order chi connectivity index (χ0) is 39.5. The average molecular weight is 905 g/mol. The van der Waals surface area contributed by atoms with Crippen molar-refractivity contribution in [2.45, 2.75) is 139 Å². The van der Waals surface area contributed by atoms with Crippen LogP contribution in [0.25, 0.3) is 0 Å². The van der Waals surface area contributed by atoms with Crippen molar-refractivity contribution in [3.05, 3.63) is 23.8 Å². The summed E-state index contributed by atoms with van der Waals surface area (Å²) in [6.07, 6.45) is -23.7. The van der Waals surface area contributed by atoms with Crippen molar-refractivity contribution < 1.29 is 97.9 Å². The van der Waals surface area contributed by atoms with Crippen molar-refractivity contribution in [3.63, 3.8) is 0 Å². The summed E-state index contributed by atoms with van der Waals surface area (Å²) in [5.41, 5.74) is 0. The van der Waals surface area contributed by atoms with E-state index in [1.807, 2.05) is 45.8 Å². The fraction of sp³-hybridized carbons (Fsp3) is 0.857. The van der Waals surface area contributed by atoms with Crippen molar-refractivity contribution in [2.24, 2.45) is 0 Å². The van der Waals surface area contributed by atoms with Crippen molar-refractivity contribution >= 4 is 33.8 Å². The Hall–Kier alpha value is -0.982. The summed E-state index contributed by atoms with van der Waals surface area (Å²) in [5, 5.41) is 9.18. The van der Waals surface area contributed by atoms with Crippen molar-refractivity contribution in [3.8, 4) is 0 Å². The molecule has 0 rings (SSSR count). The topological polar surface area (TPSA) is 75.6 Å². The predicted octanol–water partition coefficient (Wildman–Crippen LogP) is 13.3. The van der Waals surface area contributed by atoms with Crippen LogP contribution in [0.4, 0.5) is 66.0 Å². The van der Waals surface area contributed by atoms with Gasteiger partial charge in [0.25, 0.3) is 11.7 Å². The van der Waals surface area contributed by atoms with Gasteiger partial charge < -0.3 is 22.2 Å². The summed E-state index contributed by atoms with van der Waals surface area (Å²) in [6.45, 7) is 12.5. The maximum absolute atomic E-state index is 13.9. The summed E-state index contributed by atoms with van der Waals surface area (Å²) in [5.74, 6) is -12.3. The SMILES string of the molecule is C.C.C.C.C.C[Si](C)(C)O[Si](C)(C)O[Si](C)(CCCOCC(F)(F)C(F)(F)OC(F)(F)C(F)=C(F)F)O[Si](C)(C)CCCO.FOC(F)(F)C(F)=C(F)F. The second-order valence-electron chi connectivity index (χ2n) is 12.3. The molecule has 0 aliphatic rings. The molecule has 0 bridgehead atoms. The Balaban J connectivity index is -0.000000257. The van der Waals surface area contributed by atoms with E-state index < -0.39 is 95.0 Å². The lowest BCUT2D eigenvalue weighted by atomic mass is 10.3. The van der Waals surface area contributed by atoms with E-state index in [0.717, 1.165) is 0 Å². The van der Waals surface area contributed by atoms with Crippen LogP contribution in [0.5, 0.6) is 0 Å². The number of alkyl halides is 8.